The number of ketones is 1. The lowest BCUT2D eigenvalue weighted by atomic mass is 9.96. The quantitative estimate of drug-likeness (QED) is 0.700. The Balaban J connectivity index is 2.28. The summed E-state index contributed by atoms with van der Waals surface area (Å²) in [5, 5.41) is -0.0330. The highest BCUT2D eigenvalue weighted by atomic mass is 35.5. The molecule has 0 atom stereocenters. The Hall–Kier alpha value is -0.890. The average Bonchev–Trinajstić information content (AvgIpc) is 2.74. The van der Waals surface area contributed by atoms with E-state index in [0.29, 0.717) is 5.56 Å². The summed E-state index contributed by atoms with van der Waals surface area (Å²) < 4.78 is 13.1. The lowest BCUT2D eigenvalue weighted by molar-refractivity contribution is 0.0922. The van der Waals surface area contributed by atoms with Crippen LogP contribution < -0.4 is 0 Å². The smallest absolute Gasteiger partial charge is 0.167 e. The highest BCUT2D eigenvalue weighted by molar-refractivity contribution is 6.34. The Morgan fingerprint density at radius 3 is 2.67 bits per heavy atom. The van der Waals surface area contributed by atoms with E-state index >= 15 is 0 Å². The van der Waals surface area contributed by atoms with Crippen LogP contribution in [0, 0.1) is 11.7 Å². The van der Waals surface area contributed by atoms with Crippen LogP contribution >= 0.6 is 11.6 Å². The highest BCUT2D eigenvalue weighted by Crippen LogP contribution is 2.31. The molecule has 1 fully saturated rings. The summed E-state index contributed by atoms with van der Waals surface area (Å²) in [7, 11) is 0. The van der Waals surface area contributed by atoms with Gasteiger partial charge < -0.3 is 0 Å². The van der Waals surface area contributed by atoms with E-state index in [0.717, 1.165) is 25.7 Å². The number of carbonyl (C=O) groups is 1. The first-order valence-electron chi connectivity index (χ1n) is 5.18. The fourth-order valence-corrected chi connectivity index (χ4v) is 2.32. The fraction of sp³-hybridized carbons (Fsp3) is 0.417. The molecule has 1 aromatic rings. The molecule has 0 aliphatic heterocycles. The number of benzene rings is 1. The van der Waals surface area contributed by atoms with Crippen molar-refractivity contribution in [2.45, 2.75) is 25.7 Å². The van der Waals surface area contributed by atoms with Gasteiger partial charge >= 0.3 is 0 Å². The molecule has 0 radical (unpaired) electrons. The third kappa shape index (κ3) is 2.05. The Bertz CT molecular complexity index is 383. The minimum absolute atomic E-state index is 0.00278. The van der Waals surface area contributed by atoms with Crippen LogP contribution in [0.2, 0.25) is 5.02 Å². The van der Waals surface area contributed by atoms with Crippen LogP contribution in [0.25, 0.3) is 0 Å². The summed E-state index contributed by atoms with van der Waals surface area (Å²) in [6.45, 7) is 0. The van der Waals surface area contributed by atoms with Crippen LogP contribution in [0.3, 0.4) is 0 Å². The summed E-state index contributed by atoms with van der Waals surface area (Å²) in [5.74, 6) is -0.471. The maximum absolute atomic E-state index is 13.1. The van der Waals surface area contributed by atoms with Crippen LogP contribution in [0.1, 0.15) is 36.0 Å². The van der Waals surface area contributed by atoms with Crippen molar-refractivity contribution in [1.29, 1.82) is 0 Å². The minimum atomic E-state index is -0.513. The van der Waals surface area contributed by atoms with E-state index in [1.807, 2.05) is 0 Å². The predicted octanol–water partition coefficient (Wildman–Crippen LogP) is 3.85. The van der Waals surface area contributed by atoms with Gasteiger partial charge in [-0.15, -0.1) is 0 Å². The number of hydrogen-bond acceptors (Lipinski definition) is 1. The summed E-state index contributed by atoms with van der Waals surface area (Å²) in [6.07, 6.45) is 3.99. The van der Waals surface area contributed by atoms with Crippen molar-refractivity contribution < 1.29 is 9.18 Å². The number of rotatable bonds is 2. The summed E-state index contributed by atoms with van der Waals surface area (Å²) >= 11 is 5.77. The Kier molecular flexibility index (Phi) is 3.06. The minimum Gasteiger partial charge on any atom is -0.294 e. The standard InChI is InChI=1S/C12H12ClFO/c13-11-9(6-3-7-10(11)14)12(15)8-4-1-2-5-8/h3,6-8H,1-2,4-5H2. The molecule has 1 aromatic carbocycles. The zero-order valence-electron chi connectivity index (χ0n) is 8.30. The molecule has 0 bridgehead atoms. The van der Waals surface area contributed by atoms with E-state index in [1.54, 1.807) is 6.07 Å². The molecule has 80 valence electrons. The van der Waals surface area contributed by atoms with Gasteiger partial charge in [0.1, 0.15) is 5.82 Å². The van der Waals surface area contributed by atoms with Crippen LogP contribution in [0.5, 0.6) is 0 Å². The molecule has 1 aliphatic carbocycles. The van der Waals surface area contributed by atoms with Crippen LogP contribution in [-0.4, -0.2) is 5.78 Å². The normalized spacial score (nSPS) is 16.9. The summed E-state index contributed by atoms with van der Waals surface area (Å²) in [6, 6.07) is 4.41. The van der Waals surface area contributed by atoms with E-state index in [4.69, 9.17) is 11.6 Å². The second-order valence-corrected chi connectivity index (χ2v) is 4.32. The zero-order chi connectivity index (χ0) is 10.8. The maximum atomic E-state index is 13.1. The second kappa shape index (κ2) is 4.31. The van der Waals surface area contributed by atoms with E-state index in [-0.39, 0.29) is 16.7 Å². The molecular weight excluding hydrogens is 215 g/mol. The first kappa shape index (κ1) is 10.6. The van der Waals surface area contributed by atoms with Gasteiger partial charge in [-0.25, -0.2) is 4.39 Å². The first-order chi connectivity index (χ1) is 7.20. The second-order valence-electron chi connectivity index (χ2n) is 3.95. The van der Waals surface area contributed by atoms with Gasteiger partial charge in [0, 0.05) is 11.5 Å². The van der Waals surface area contributed by atoms with Gasteiger partial charge in [-0.1, -0.05) is 30.5 Å². The molecule has 0 spiro atoms. The van der Waals surface area contributed by atoms with Gasteiger partial charge in [0.2, 0.25) is 0 Å². The third-order valence-electron chi connectivity index (χ3n) is 2.94. The van der Waals surface area contributed by atoms with Crippen LogP contribution in [0.4, 0.5) is 4.39 Å². The molecule has 0 heterocycles. The van der Waals surface area contributed by atoms with Crippen molar-refractivity contribution in [2.75, 3.05) is 0 Å². The molecular formula is C12H12ClFO. The SMILES string of the molecule is O=C(c1cccc(F)c1Cl)C1CCCC1. The molecule has 1 saturated carbocycles. The third-order valence-corrected chi connectivity index (χ3v) is 3.33. The average molecular weight is 227 g/mol. The van der Waals surface area contributed by atoms with E-state index in [9.17, 15) is 9.18 Å². The summed E-state index contributed by atoms with van der Waals surface area (Å²) in [5.41, 5.74) is 0.337. The van der Waals surface area contributed by atoms with Crippen molar-refractivity contribution in [3.63, 3.8) is 0 Å². The van der Waals surface area contributed by atoms with E-state index < -0.39 is 5.82 Å². The largest absolute Gasteiger partial charge is 0.294 e. The van der Waals surface area contributed by atoms with Gasteiger partial charge in [0.15, 0.2) is 5.78 Å². The van der Waals surface area contributed by atoms with Crippen molar-refractivity contribution in [3.05, 3.63) is 34.6 Å². The predicted molar refractivity (Wildman–Crippen MR) is 57.7 cm³/mol. The van der Waals surface area contributed by atoms with E-state index in [1.165, 1.54) is 12.1 Å². The summed E-state index contributed by atoms with van der Waals surface area (Å²) in [4.78, 5) is 12.0. The van der Waals surface area contributed by atoms with Crippen LogP contribution in [0.15, 0.2) is 18.2 Å². The monoisotopic (exact) mass is 226 g/mol. The van der Waals surface area contributed by atoms with Crippen molar-refractivity contribution in [1.82, 2.24) is 0 Å². The Morgan fingerprint density at radius 2 is 2.00 bits per heavy atom. The van der Waals surface area contributed by atoms with Gasteiger partial charge in [-0.3, -0.25) is 4.79 Å². The molecule has 0 amide bonds. The number of carbonyl (C=O) groups excluding carboxylic acids is 1. The van der Waals surface area contributed by atoms with Crippen molar-refractivity contribution in [2.24, 2.45) is 5.92 Å². The molecule has 0 saturated heterocycles. The van der Waals surface area contributed by atoms with Crippen molar-refractivity contribution >= 4 is 17.4 Å². The number of Topliss-reactive ketones (excluding diaryl/α,β-unsaturated/α-hetero) is 1. The van der Waals surface area contributed by atoms with Gasteiger partial charge in [-0.2, -0.15) is 0 Å². The van der Waals surface area contributed by atoms with Gasteiger partial charge in [-0.05, 0) is 25.0 Å². The van der Waals surface area contributed by atoms with Gasteiger partial charge in [0.25, 0.3) is 0 Å². The lowest BCUT2D eigenvalue weighted by Gasteiger charge is -2.09. The molecule has 1 nitrogen and oxygen atoms in total. The number of halogens is 2. The number of hydrogen-bond donors (Lipinski definition) is 0. The molecule has 0 unspecified atom stereocenters. The Labute approximate surface area is 93.2 Å². The first-order valence-corrected chi connectivity index (χ1v) is 5.56. The highest BCUT2D eigenvalue weighted by Gasteiger charge is 2.25. The molecule has 0 N–H and O–H groups in total. The molecule has 15 heavy (non-hydrogen) atoms. The fourth-order valence-electron chi connectivity index (χ4n) is 2.10. The maximum Gasteiger partial charge on any atom is 0.167 e. The van der Waals surface area contributed by atoms with Crippen LogP contribution in [-0.2, 0) is 0 Å². The van der Waals surface area contributed by atoms with Crippen molar-refractivity contribution in [3.8, 4) is 0 Å². The van der Waals surface area contributed by atoms with Gasteiger partial charge in [0.05, 0.1) is 5.02 Å². The molecule has 2 rings (SSSR count). The Morgan fingerprint density at radius 1 is 1.33 bits per heavy atom. The topological polar surface area (TPSA) is 17.1 Å². The molecule has 3 heteroatoms. The zero-order valence-corrected chi connectivity index (χ0v) is 9.06. The molecule has 1 aliphatic rings. The van der Waals surface area contributed by atoms with E-state index in [2.05, 4.69) is 0 Å². The lowest BCUT2D eigenvalue weighted by Crippen LogP contribution is -2.11. The molecule has 0 aromatic heterocycles.